The van der Waals surface area contributed by atoms with Gasteiger partial charge in [-0.05, 0) is 24.3 Å². The fraction of sp³-hybridized carbons (Fsp3) is 0.357. The Balaban J connectivity index is 2.06. The SMILES string of the molecule is CCc1nccn1-c1ccc(NCC(O)CO)cc1. The topological polar surface area (TPSA) is 70.3 Å². The number of hydrogen-bond acceptors (Lipinski definition) is 4. The second-order valence-corrected chi connectivity index (χ2v) is 4.33. The van der Waals surface area contributed by atoms with Crippen molar-refractivity contribution in [3.8, 4) is 5.69 Å². The third-order valence-corrected chi connectivity index (χ3v) is 2.93. The highest BCUT2D eigenvalue weighted by Gasteiger charge is 2.04. The van der Waals surface area contributed by atoms with Gasteiger partial charge in [-0.2, -0.15) is 0 Å². The van der Waals surface area contributed by atoms with Gasteiger partial charge in [0, 0.05) is 36.7 Å². The summed E-state index contributed by atoms with van der Waals surface area (Å²) in [5.74, 6) is 1.02. The average molecular weight is 261 g/mol. The first-order valence-corrected chi connectivity index (χ1v) is 6.40. The molecule has 102 valence electrons. The van der Waals surface area contributed by atoms with E-state index in [4.69, 9.17) is 5.11 Å². The lowest BCUT2D eigenvalue weighted by Crippen LogP contribution is -2.22. The molecule has 5 nitrogen and oxygen atoms in total. The predicted molar refractivity (Wildman–Crippen MR) is 74.5 cm³/mol. The minimum Gasteiger partial charge on any atom is -0.394 e. The third kappa shape index (κ3) is 3.33. The molecule has 0 aliphatic heterocycles. The molecule has 0 fully saturated rings. The average Bonchev–Trinajstić information content (AvgIpc) is 2.93. The summed E-state index contributed by atoms with van der Waals surface area (Å²) in [6.07, 6.45) is 3.88. The highest BCUT2D eigenvalue weighted by atomic mass is 16.3. The Morgan fingerprint density at radius 3 is 2.68 bits per heavy atom. The number of nitrogens with one attached hydrogen (secondary N) is 1. The molecule has 0 spiro atoms. The molecule has 0 aliphatic carbocycles. The zero-order chi connectivity index (χ0) is 13.7. The normalized spacial score (nSPS) is 12.4. The van der Waals surface area contributed by atoms with Crippen LogP contribution < -0.4 is 5.32 Å². The van der Waals surface area contributed by atoms with Crippen molar-refractivity contribution in [2.45, 2.75) is 19.4 Å². The van der Waals surface area contributed by atoms with Crippen molar-refractivity contribution in [2.24, 2.45) is 0 Å². The van der Waals surface area contributed by atoms with E-state index in [1.165, 1.54) is 0 Å². The molecule has 2 aromatic rings. The van der Waals surface area contributed by atoms with Crippen LogP contribution in [0.4, 0.5) is 5.69 Å². The largest absolute Gasteiger partial charge is 0.394 e. The summed E-state index contributed by atoms with van der Waals surface area (Å²) in [7, 11) is 0. The van der Waals surface area contributed by atoms with Gasteiger partial charge in [-0.3, -0.25) is 0 Å². The van der Waals surface area contributed by atoms with Gasteiger partial charge in [-0.15, -0.1) is 0 Å². The molecule has 1 heterocycles. The first-order valence-electron chi connectivity index (χ1n) is 6.40. The van der Waals surface area contributed by atoms with Crippen LogP contribution in [0.2, 0.25) is 0 Å². The van der Waals surface area contributed by atoms with Crippen LogP contribution in [-0.4, -0.2) is 39.0 Å². The number of benzene rings is 1. The summed E-state index contributed by atoms with van der Waals surface area (Å²) >= 11 is 0. The first-order chi connectivity index (χ1) is 9.24. The molecule has 1 aromatic carbocycles. The summed E-state index contributed by atoms with van der Waals surface area (Å²) in [5, 5.41) is 21.1. The van der Waals surface area contributed by atoms with Crippen LogP contribution in [0.5, 0.6) is 0 Å². The Bertz CT molecular complexity index is 508. The van der Waals surface area contributed by atoms with Gasteiger partial charge in [0.15, 0.2) is 0 Å². The van der Waals surface area contributed by atoms with Crippen LogP contribution in [0.25, 0.3) is 5.69 Å². The van der Waals surface area contributed by atoms with E-state index >= 15 is 0 Å². The molecule has 3 N–H and O–H groups in total. The Morgan fingerprint density at radius 2 is 2.05 bits per heavy atom. The molecule has 0 bridgehead atoms. The minimum absolute atomic E-state index is 0.236. The zero-order valence-corrected chi connectivity index (χ0v) is 11.0. The number of anilines is 1. The van der Waals surface area contributed by atoms with Gasteiger partial charge in [0.1, 0.15) is 5.82 Å². The smallest absolute Gasteiger partial charge is 0.112 e. The van der Waals surface area contributed by atoms with Gasteiger partial charge in [0.2, 0.25) is 0 Å². The van der Waals surface area contributed by atoms with Crippen molar-refractivity contribution in [2.75, 3.05) is 18.5 Å². The summed E-state index contributed by atoms with van der Waals surface area (Å²) in [6.45, 7) is 2.17. The standard InChI is InChI=1S/C14H19N3O2/c1-2-14-15-7-8-17(14)12-5-3-11(4-6-12)16-9-13(19)10-18/h3-8,13,16,18-19H,2,9-10H2,1H3. The maximum atomic E-state index is 9.27. The van der Waals surface area contributed by atoms with Crippen molar-refractivity contribution in [1.29, 1.82) is 0 Å². The summed E-state index contributed by atoms with van der Waals surface area (Å²) < 4.78 is 2.05. The van der Waals surface area contributed by atoms with Crippen LogP contribution in [-0.2, 0) is 6.42 Å². The fourth-order valence-electron chi connectivity index (χ4n) is 1.87. The van der Waals surface area contributed by atoms with Crippen LogP contribution in [0, 0.1) is 0 Å². The van der Waals surface area contributed by atoms with Crippen molar-refractivity contribution in [1.82, 2.24) is 9.55 Å². The number of aliphatic hydroxyl groups is 2. The summed E-state index contributed by atoms with van der Waals surface area (Å²) in [6, 6.07) is 7.88. The number of aliphatic hydroxyl groups excluding tert-OH is 2. The molecule has 0 aliphatic rings. The Kier molecular flexibility index (Phi) is 4.54. The van der Waals surface area contributed by atoms with E-state index in [1.54, 1.807) is 6.20 Å². The fourth-order valence-corrected chi connectivity index (χ4v) is 1.87. The number of rotatable bonds is 6. The molecule has 1 atom stereocenters. The highest BCUT2D eigenvalue weighted by molar-refractivity contribution is 5.49. The molecule has 1 aromatic heterocycles. The Hall–Kier alpha value is -1.85. The lowest BCUT2D eigenvalue weighted by atomic mass is 10.2. The van der Waals surface area contributed by atoms with Gasteiger partial charge in [0.25, 0.3) is 0 Å². The van der Waals surface area contributed by atoms with Crippen molar-refractivity contribution in [3.05, 3.63) is 42.5 Å². The van der Waals surface area contributed by atoms with Gasteiger partial charge in [0.05, 0.1) is 12.7 Å². The lowest BCUT2D eigenvalue weighted by molar-refractivity contribution is 0.105. The van der Waals surface area contributed by atoms with Crippen molar-refractivity contribution in [3.63, 3.8) is 0 Å². The van der Waals surface area contributed by atoms with Gasteiger partial charge < -0.3 is 20.1 Å². The Labute approximate surface area is 112 Å². The second kappa shape index (κ2) is 6.36. The number of aromatic nitrogens is 2. The van der Waals surface area contributed by atoms with E-state index in [0.717, 1.165) is 23.6 Å². The van der Waals surface area contributed by atoms with E-state index in [0.29, 0.717) is 6.54 Å². The molecule has 5 heteroatoms. The monoisotopic (exact) mass is 261 g/mol. The van der Waals surface area contributed by atoms with Crippen LogP contribution in [0.1, 0.15) is 12.7 Å². The summed E-state index contributed by atoms with van der Waals surface area (Å²) in [4.78, 5) is 4.29. The first kappa shape index (κ1) is 13.6. The van der Waals surface area contributed by atoms with E-state index in [-0.39, 0.29) is 6.61 Å². The van der Waals surface area contributed by atoms with Crippen LogP contribution in [0.3, 0.4) is 0 Å². The van der Waals surface area contributed by atoms with E-state index < -0.39 is 6.10 Å². The maximum Gasteiger partial charge on any atom is 0.112 e. The third-order valence-electron chi connectivity index (χ3n) is 2.93. The number of imidazole rings is 1. The quantitative estimate of drug-likeness (QED) is 0.731. The minimum atomic E-state index is -0.736. The number of nitrogens with zero attached hydrogens (tertiary/aromatic N) is 2. The molecule has 0 saturated carbocycles. The number of aryl methyl sites for hydroxylation is 1. The molecular formula is C14H19N3O2. The molecule has 19 heavy (non-hydrogen) atoms. The number of hydrogen-bond donors (Lipinski definition) is 3. The Morgan fingerprint density at radius 1 is 1.32 bits per heavy atom. The van der Waals surface area contributed by atoms with Crippen molar-refractivity contribution >= 4 is 5.69 Å². The highest BCUT2D eigenvalue weighted by Crippen LogP contribution is 2.15. The van der Waals surface area contributed by atoms with E-state index in [2.05, 4.69) is 17.2 Å². The molecule has 0 amide bonds. The predicted octanol–water partition coefficient (Wildman–Crippen LogP) is 1.20. The molecule has 1 unspecified atom stereocenters. The molecular weight excluding hydrogens is 242 g/mol. The molecule has 0 radical (unpaired) electrons. The van der Waals surface area contributed by atoms with Crippen LogP contribution >= 0.6 is 0 Å². The summed E-state index contributed by atoms with van der Waals surface area (Å²) in [5.41, 5.74) is 1.97. The van der Waals surface area contributed by atoms with E-state index in [9.17, 15) is 5.11 Å². The van der Waals surface area contributed by atoms with Crippen molar-refractivity contribution < 1.29 is 10.2 Å². The van der Waals surface area contributed by atoms with Crippen LogP contribution in [0.15, 0.2) is 36.7 Å². The van der Waals surface area contributed by atoms with Gasteiger partial charge in [-0.1, -0.05) is 6.92 Å². The zero-order valence-electron chi connectivity index (χ0n) is 11.0. The molecule has 0 saturated heterocycles. The molecule has 2 rings (SSSR count). The van der Waals surface area contributed by atoms with E-state index in [1.807, 2.05) is 35.0 Å². The lowest BCUT2D eigenvalue weighted by Gasteiger charge is -2.11. The van der Waals surface area contributed by atoms with Gasteiger partial charge >= 0.3 is 0 Å². The van der Waals surface area contributed by atoms with Gasteiger partial charge in [-0.25, -0.2) is 4.98 Å². The second-order valence-electron chi connectivity index (χ2n) is 4.33. The maximum absolute atomic E-state index is 9.27.